The molecule has 0 amide bonds. The molecule has 0 bridgehead atoms. The third-order valence-corrected chi connectivity index (χ3v) is 12.6. The van der Waals surface area contributed by atoms with Crippen LogP contribution >= 0.6 is 0 Å². The van der Waals surface area contributed by atoms with Crippen LogP contribution in [0.25, 0.3) is 22.3 Å². The molecule has 4 aromatic rings. The molecule has 8 rings (SSSR count). The van der Waals surface area contributed by atoms with Crippen LogP contribution in [0.4, 0.5) is 0 Å². The Hall–Kier alpha value is -1.81. The van der Waals surface area contributed by atoms with Gasteiger partial charge in [0.1, 0.15) is 0 Å². The molecule has 4 aliphatic carbocycles. The molecule has 0 N–H and O–H groups in total. The topological polar surface area (TPSA) is 0 Å². The first-order chi connectivity index (χ1) is 28.3. The first-order valence-electron chi connectivity index (χ1n) is 23.3. The fourth-order valence-corrected chi connectivity index (χ4v) is 8.08. The molecule has 0 heterocycles. The molecule has 0 fully saturated rings. The van der Waals surface area contributed by atoms with E-state index in [1.54, 1.807) is 0 Å². The van der Waals surface area contributed by atoms with Gasteiger partial charge in [-0.1, -0.05) is 231 Å². The van der Waals surface area contributed by atoms with Crippen molar-refractivity contribution in [3.05, 3.63) is 165 Å². The van der Waals surface area contributed by atoms with Gasteiger partial charge >= 0.3 is 52.4 Å². The summed E-state index contributed by atoms with van der Waals surface area (Å²) in [4.78, 5) is 0. The van der Waals surface area contributed by atoms with E-state index < -0.39 is 0 Å². The Labute approximate surface area is 456 Å². The number of benzene rings is 4. The molecule has 0 nitrogen and oxygen atoms in total. The van der Waals surface area contributed by atoms with E-state index in [0.717, 1.165) is 12.8 Å². The molecular formula is C62H80Cl2Zr2-2. The van der Waals surface area contributed by atoms with Crippen LogP contribution in [-0.4, -0.2) is 0 Å². The summed E-state index contributed by atoms with van der Waals surface area (Å²) in [6.45, 7) is 45.0. The number of rotatable bonds is 0. The van der Waals surface area contributed by atoms with E-state index in [0.29, 0.717) is 22.7 Å². The van der Waals surface area contributed by atoms with Crippen molar-refractivity contribution < 1.29 is 77.2 Å². The average Bonchev–Trinajstić information content (AvgIpc) is 3.94. The summed E-state index contributed by atoms with van der Waals surface area (Å²) in [5.41, 5.74) is 21.0. The van der Waals surface area contributed by atoms with Gasteiger partial charge in [-0.3, -0.25) is 12.2 Å². The number of halogens is 2. The van der Waals surface area contributed by atoms with Crippen molar-refractivity contribution in [3.8, 4) is 22.3 Å². The first-order valence-corrected chi connectivity index (χ1v) is 23.3. The minimum absolute atomic E-state index is 0. The molecule has 4 heteroatoms. The van der Waals surface area contributed by atoms with Crippen LogP contribution in [0, 0.1) is 47.0 Å². The molecule has 2 unspecified atom stereocenters. The number of allylic oxidation sites excluding steroid dienone is 8. The number of fused-ring (bicyclic) bond motifs is 6. The average molecular weight is 1080 g/mol. The predicted octanol–water partition coefficient (Wildman–Crippen LogP) is 11.2. The van der Waals surface area contributed by atoms with Crippen LogP contribution in [-0.2, 0) is 86.9 Å². The molecule has 4 aromatic carbocycles. The van der Waals surface area contributed by atoms with Gasteiger partial charge in [-0.25, -0.2) is 12.2 Å². The van der Waals surface area contributed by atoms with E-state index in [-0.39, 0.29) is 98.9 Å². The molecule has 0 saturated carbocycles. The van der Waals surface area contributed by atoms with Crippen molar-refractivity contribution in [3.63, 3.8) is 0 Å². The van der Waals surface area contributed by atoms with Crippen molar-refractivity contribution >= 4 is 0 Å². The van der Waals surface area contributed by atoms with Crippen molar-refractivity contribution in [2.24, 2.45) is 22.7 Å². The van der Waals surface area contributed by atoms with Crippen molar-refractivity contribution in [1.29, 1.82) is 0 Å². The van der Waals surface area contributed by atoms with E-state index >= 15 is 0 Å². The van der Waals surface area contributed by atoms with Gasteiger partial charge < -0.3 is 24.8 Å². The van der Waals surface area contributed by atoms with Crippen LogP contribution < -0.4 is 24.8 Å². The SMILES string of the molecule is CC(C)(C)c1c[c-]c2c(c1)-c1cc(C(C)(C)C)ccc1C2.CC(C)(C)c1c[c-]c2c(c1)-c1cc(C(C)(C)C)ccc1C2.CC1[C-]=CC(C(C)(C)C)=C1.CC1[C-]=CC(C(C)(C)C)=C1.[Cl-].[Cl-].[Zr+2].[Zr+2]. The Morgan fingerprint density at radius 2 is 0.682 bits per heavy atom. The van der Waals surface area contributed by atoms with Crippen molar-refractivity contribution in [2.45, 2.75) is 173 Å². The van der Waals surface area contributed by atoms with E-state index in [9.17, 15) is 0 Å². The van der Waals surface area contributed by atoms with Gasteiger partial charge in [0.15, 0.2) is 0 Å². The predicted molar refractivity (Wildman–Crippen MR) is 271 cm³/mol. The van der Waals surface area contributed by atoms with Crippen LogP contribution in [0.3, 0.4) is 0 Å². The van der Waals surface area contributed by atoms with E-state index in [1.807, 2.05) is 0 Å². The Balaban J connectivity index is 0.000000455. The van der Waals surface area contributed by atoms with Crippen molar-refractivity contribution in [1.82, 2.24) is 0 Å². The maximum Gasteiger partial charge on any atom is 2.00 e. The van der Waals surface area contributed by atoms with E-state index in [2.05, 4.69) is 248 Å². The molecule has 4 aliphatic rings. The summed E-state index contributed by atoms with van der Waals surface area (Å²) in [7, 11) is 0. The first kappa shape index (κ1) is 62.2. The summed E-state index contributed by atoms with van der Waals surface area (Å²) < 4.78 is 0. The zero-order chi connectivity index (χ0) is 46.4. The number of hydrogen-bond acceptors (Lipinski definition) is 0. The van der Waals surface area contributed by atoms with Crippen LogP contribution in [0.1, 0.15) is 183 Å². The van der Waals surface area contributed by atoms with Crippen LogP contribution in [0.2, 0.25) is 0 Å². The smallest absolute Gasteiger partial charge is 1.00 e. The monoisotopic (exact) mass is 1070 g/mol. The Kier molecular flexibility index (Phi) is 22.1. The minimum atomic E-state index is 0. The Bertz CT molecular complexity index is 2090. The van der Waals surface area contributed by atoms with Gasteiger partial charge in [0.25, 0.3) is 0 Å². The molecule has 0 saturated heterocycles. The summed E-state index contributed by atoms with van der Waals surface area (Å²) >= 11 is 0. The molecule has 0 aromatic heterocycles. The maximum atomic E-state index is 3.53. The third kappa shape index (κ3) is 16.1. The van der Waals surface area contributed by atoms with Gasteiger partial charge in [-0.05, 0) is 34.8 Å². The zero-order valence-corrected chi connectivity index (χ0v) is 50.8. The maximum absolute atomic E-state index is 3.53. The third-order valence-electron chi connectivity index (χ3n) is 12.6. The molecule has 352 valence electrons. The van der Waals surface area contributed by atoms with Gasteiger partial charge in [0.2, 0.25) is 0 Å². The minimum Gasteiger partial charge on any atom is -1.00 e. The second-order valence-corrected chi connectivity index (χ2v) is 24.6. The molecule has 2 atom stereocenters. The largest absolute Gasteiger partial charge is 2.00 e. The second kappa shape index (κ2) is 23.4. The summed E-state index contributed by atoms with van der Waals surface area (Å²) in [6.07, 6.45) is 17.4. The van der Waals surface area contributed by atoms with Gasteiger partial charge in [-0.2, -0.15) is 82.0 Å². The van der Waals surface area contributed by atoms with Crippen LogP contribution in [0.5, 0.6) is 0 Å². The fourth-order valence-electron chi connectivity index (χ4n) is 8.08. The Morgan fingerprint density at radius 3 is 0.909 bits per heavy atom. The summed E-state index contributed by atoms with van der Waals surface area (Å²) in [5, 5.41) is 0. The molecule has 0 spiro atoms. The van der Waals surface area contributed by atoms with Crippen LogP contribution in [0.15, 0.2) is 96.1 Å². The Morgan fingerprint density at radius 1 is 0.394 bits per heavy atom. The molecular weight excluding hydrogens is 998 g/mol. The fraction of sp³-hybridized carbons (Fsp3) is 0.484. The van der Waals surface area contributed by atoms with Gasteiger partial charge in [0, 0.05) is 0 Å². The molecule has 0 aliphatic heterocycles. The summed E-state index contributed by atoms with van der Waals surface area (Å²) in [6, 6.07) is 30.1. The summed E-state index contributed by atoms with van der Waals surface area (Å²) in [5.74, 6) is 1.04. The normalized spacial score (nSPS) is 16.5. The number of hydrogen-bond donors (Lipinski definition) is 0. The quantitative estimate of drug-likeness (QED) is 0.133. The molecule has 66 heavy (non-hydrogen) atoms. The zero-order valence-electron chi connectivity index (χ0n) is 44.4. The van der Waals surface area contributed by atoms with Gasteiger partial charge in [0.05, 0.1) is 0 Å². The standard InChI is InChI=1S/2C21H25.2C10H15.2ClH.2Zr/c2*1-20(2,3)16-9-7-14-11-15-8-10-17(21(4,5)6)13-19(15)18(14)12-16;2*1-8-5-6-9(7-8)10(2,3)4;;;;/h2*7,9-10,12-13H,11H2,1-6H3;2*6-8H,1-4H3;2*1H;;/q4*-1;;;2*+2/p-2. The van der Waals surface area contributed by atoms with E-state index in [1.165, 1.54) is 77.9 Å². The second-order valence-electron chi connectivity index (χ2n) is 24.6. The molecule has 0 radical (unpaired) electrons. The van der Waals surface area contributed by atoms with E-state index in [4.69, 9.17) is 0 Å². The van der Waals surface area contributed by atoms with Crippen molar-refractivity contribution in [2.75, 3.05) is 0 Å². The van der Waals surface area contributed by atoms with Gasteiger partial charge in [-0.15, -0.1) is 11.1 Å².